The van der Waals surface area contributed by atoms with Crippen LogP contribution < -0.4 is 5.73 Å². The van der Waals surface area contributed by atoms with Gasteiger partial charge in [-0.1, -0.05) is 41.4 Å². The van der Waals surface area contributed by atoms with Gasteiger partial charge in [-0.25, -0.2) is 9.97 Å². The largest absolute Gasteiger partial charge is 0.383 e. The third kappa shape index (κ3) is 2.54. The van der Waals surface area contributed by atoms with E-state index in [1.54, 1.807) is 6.07 Å². The smallest absolute Gasteiger partial charge is 0.195 e. The molecule has 0 bridgehead atoms. The fourth-order valence-corrected chi connectivity index (χ4v) is 3.09. The first kappa shape index (κ1) is 13.5. The molecule has 0 saturated heterocycles. The van der Waals surface area contributed by atoms with E-state index in [0.29, 0.717) is 21.0 Å². The van der Waals surface area contributed by atoms with Crippen molar-refractivity contribution in [1.82, 2.24) is 9.97 Å². The van der Waals surface area contributed by atoms with Gasteiger partial charge in [-0.05, 0) is 36.0 Å². The fourth-order valence-electron chi connectivity index (χ4n) is 1.79. The van der Waals surface area contributed by atoms with Crippen molar-refractivity contribution < 1.29 is 0 Å². The molecule has 0 unspecified atom stereocenters. The highest BCUT2D eigenvalue weighted by Gasteiger charge is 2.10. The Morgan fingerprint density at radius 3 is 2.60 bits per heavy atom. The van der Waals surface area contributed by atoms with Crippen LogP contribution in [0.3, 0.4) is 0 Å². The summed E-state index contributed by atoms with van der Waals surface area (Å²) in [6.45, 7) is 0. The van der Waals surface area contributed by atoms with E-state index in [9.17, 15) is 0 Å². The monoisotopic (exact) mass is 321 g/mol. The summed E-state index contributed by atoms with van der Waals surface area (Å²) in [5.41, 5.74) is 6.76. The van der Waals surface area contributed by atoms with Crippen LogP contribution in [0, 0.1) is 0 Å². The molecule has 0 atom stereocenters. The summed E-state index contributed by atoms with van der Waals surface area (Å²) in [5, 5.41) is 2.39. The Kier molecular flexibility index (Phi) is 3.70. The van der Waals surface area contributed by atoms with Crippen LogP contribution in [0.5, 0.6) is 0 Å². The van der Waals surface area contributed by atoms with E-state index in [1.165, 1.54) is 11.8 Å². The number of nitrogen functional groups attached to an aromatic ring is 1. The summed E-state index contributed by atoms with van der Waals surface area (Å²) in [6.07, 6.45) is 0. The number of fused-ring (bicyclic) bond motifs is 1. The molecule has 0 amide bonds. The van der Waals surface area contributed by atoms with E-state index >= 15 is 0 Å². The number of hydrogen-bond donors (Lipinski definition) is 1. The van der Waals surface area contributed by atoms with Crippen molar-refractivity contribution in [2.75, 3.05) is 5.73 Å². The van der Waals surface area contributed by atoms with Crippen molar-refractivity contribution in [2.24, 2.45) is 0 Å². The Labute approximate surface area is 130 Å². The zero-order chi connectivity index (χ0) is 14.1. The molecule has 6 heteroatoms. The van der Waals surface area contributed by atoms with Gasteiger partial charge in [0.2, 0.25) is 0 Å². The molecule has 3 aromatic rings. The van der Waals surface area contributed by atoms with Gasteiger partial charge in [0.15, 0.2) is 5.16 Å². The summed E-state index contributed by atoms with van der Waals surface area (Å²) < 4.78 is 0. The zero-order valence-corrected chi connectivity index (χ0v) is 12.5. The lowest BCUT2D eigenvalue weighted by atomic mass is 10.2. The molecule has 0 fully saturated rings. The van der Waals surface area contributed by atoms with Gasteiger partial charge in [0, 0.05) is 10.3 Å². The van der Waals surface area contributed by atoms with Crippen LogP contribution in [0.15, 0.2) is 52.5 Å². The number of halogens is 2. The highest BCUT2D eigenvalue weighted by Crippen LogP contribution is 2.36. The van der Waals surface area contributed by atoms with Gasteiger partial charge in [-0.2, -0.15) is 0 Å². The Hall–Kier alpha value is -1.49. The summed E-state index contributed by atoms with van der Waals surface area (Å²) >= 11 is 13.5. The molecular weight excluding hydrogens is 313 g/mol. The van der Waals surface area contributed by atoms with E-state index < -0.39 is 0 Å². The first-order chi connectivity index (χ1) is 9.65. The van der Waals surface area contributed by atoms with Crippen molar-refractivity contribution in [2.45, 2.75) is 10.1 Å². The lowest BCUT2D eigenvalue weighted by Gasteiger charge is -2.06. The lowest BCUT2D eigenvalue weighted by Crippen LogP contribution is -1.96. The average Bonchev–Trinajstić information content (AvgIpc) is 2.44. The summed E-state index contributed by atoms with van der Waals surface area (Å²) in [6, 6.07) is 13.1. The number of nitrogens with two attached hydrogens (primary N) is 1. The van der Waals surface area contributed by atoms with Gasteiger partial charge in [0.25, 0.3) is 0 Å². The average molecular weight is 322 g/mol. The van der Waals surface area contributed by atoms with Crippen LogP contribution in [0.25, 0.3) is 10.9 Å². The van der Waals surface area contributed by atoms with Crippen molar-refractivity contribution in [3.63, 3.8) is 0 Å². The third-order valence-electron chi connectivity index (χ3n) is 2.73. The van der Waals surface area contributed by atoms with Crippen LogP contribution in [0.2, 0.25) is 10.0 Å². The molecular formula is C14H9Cl2N3S. The molecule has 0 aliphatic heterocycles. The quantitative estimate of drug-likeness (QED) is 0.697. The van der Waals surface area contributed by atoms with Gasteiger partial charge in [-0.15, -0.1) is 0 Å². The van der Waals surface area contributed by atoms with E-state index in [2.05, 4.69) is 9.97 Å². The molecule has 0 saturated carbocycles. The maximum Gasteiger partial charge on any atom is 0.195 e. The molecule has 1 heterocycles. The number of rotatable bonds is 2. The first-order valence-electron chi connectivity index (χ1n) is 5.79. The second kappa shape index (κ2) is 5.48. The molecule has 3 rings (SSSR count). The highest BCUT2D eigenvalue weighted by molar-refractivity contribution is 7.99. The number of anilines is 1. The van der Waals surface area contributed by atoms with Crippen molar-refractivity contribution in [3.8, 4) is 0 Å². The van der Waals surface area contributed by atoms with E-state index in [1.807, 2.05) is 36.4 Å². The molecule has 3 nitrogen and oxygen atoms in total. The zero-order valence-electron chi connectivity index (χ0n) is 10.2. The van der Waals surface area contributed by atoms with Crippen LogP contribution in [0.1, 0.15) is 0 Å². The number of aromatic nitrogens is 2. The molecule has 20 heavy (non-hydrogen) atoms. The number of benzene rings is 2. The molecule has 1 aromatic heterocycles. The van der Waals surface area contributed by atoms with Crippen molar-refractivity contribution in [1.29, 1.82) is 0 Å². The van der Waals surface area contributed by atoms with E-state index in [-0.39, 0.29) is 0 Å². The molecule has 100 valence electrons. The number of para-hydroxylation sites is 1. The fraction of sp³-hybridized carbons (Fsp3) is 0. The number of nitrogens with zero attached hydrogens (tertiary/aromatic N) is 2. The van der Waals surface area contributed by atoms with Crippen LogP contribution >= 0.6 is 35.0 Å². The predicted octanol–water partition coefficient (Wildman–Crippen LogP) is 4.67. The van der Waals surface area contributed by atoms with E-state index in [0.717, 1.165) is 15.8 Å². The predicted molar refractivity (Wildman–Crippen MR) is 84.5 cm³/mol. The Morgan fingerprint density at radius 2 is 1.75 bits per heavy atom. The maximum atomic E-state index is 6.16. The Balaban J connectivity index is 2.05. The van der Waals surface area contributed by atoms with Crippen LogP contribution in [0.4, 0.5) is 5.82 Å². The summed E-state index contributed by atoms with van der Waals surface area (Å²) in [5.74, 6) is 0.455. The molecule has 0 spiro atoms. The minimum absolute atomic E-state index is 0.455. The van der Waals surface area contributed by atoms with Gasteiger partial charge in [-0.3, -0.25) is 0 Å². The molecule has 2 N–H and O–H groups in total. The van der Waals surface area contributed by atoms with Crippen molar-refractivity contribution in [3.05, 3.63) is 52.5 Å². The third-order valence-corrected chi connectivity index (χ3v) is 4.59. The van der Waals surface area contributed by atoms with Gasteiger partial charge in [0.05, 0.1) is 15.6 Å². The van der Waals surface area contributed by atoms with Gasteiger partial charge < -0.3 is 5.73 Å². The van der Waals surface area contributed by atoms with Crippen LogP contribution in [-0.4, -0.2) is 9.97 Å². The van der Waals surface area contributed by atoms with Gasteiger partial charge in [0.1, 0.15) is 5.82 Å². The molecule has 0 radical (unpaired) electrons. The van der Waals surface area contributed by atoms with Crippen molar-refractivity contribution >= 4 is 51.7 Å². The SMILES string of the molecule is Nc1nc(Sc2cccc(Cl)c2Cl)nc2ccccc12. The maximum absolute atomic E-state index is 6.16. The topological polar surface area (TPSA) is 51.8 Å². The summed E-state index contributed by atoms with van der Waals surface area (Å²) in [7, 11) is 0. The normalized spacial score (nSPS) is 10.9. The standard InChI is InChI=1S/C14H9Cl2N3S/c15-9-5-3-7-11(12(9)16)20-14-18-10-6-2-1-4-8(10)13(17)19-14/h1-7H,(H2,17,18,19). The first-order valence-corrected chi connectivity index (χ1v) is 7.36. The minimum atomic E-state index is 0.455. The summed E-state index contributed by atoms with van der Waals surface area (Å²) in [4.78, 5) is 9.57. The second-order valence-corrected chi connectivity index (χ2v) is 5.86. The number of hydrogen-bond acceptors (Lipinski definition) is 4. The van der Waals surface area contributed by atoms with Crippen LogP contribution in [-0.2, 0) is 0 Å². The lowest BCUT2D eigenvalue weighted by molar-refractivity contribution is 1.01. The molecule has 2 aromatic carbocycles. The highest BCUT2D eigenvalue weighted by atomic mass is 35.5. The van der Waals surface area contributed by atoms with E-state index in [4.69, 9.17) is 28.9 Å². The molecule has 0 aliphatic rings. The minimum Gasteiger partial charge on any atom is -0.383 e. The van der Waals surface area contributed by atoms with Gasteiger partial charge >= 0.3 is 0 Å². The Bertz CT molecular complexity index is 792. The Morgan fingerprint density at radius 1 is 0.950 bits per heavy atom. The molecule has 0 aliphatic carbocycles. The second-order valence-electron chi connectivity index (χ2n) is 4.06.